The van der Waals surface area contributed by atoms with E-state index in [1.165, 1.54) is 6.33 Å². The molecule has 0 N–H and O–H groups in total. The van der Waals surface area contributed by atoms with E-state index in [2.05, 4.69) is 26.0 Å². The summed E-state index contributed by atoms with van der Waals surface area (Å²) in [6, 6.07) is 5.29. The van der Waals surface area contributed by atoms with Gasteiger partial charge >= 0.3 is 0 Å². The summed E-state index contributed by atoms with van der Waals surface area (Å²) in [4.78, 5) is 15.0. The number of aldehydes is 1. The van der Waals surface area contributed by atoms with E-state index in [0.717, 1.165) is 23.1 Å². The van der Waals surface area contributed by atoms with Gasteiger partial charge in [0.25, 0.3) is 0 Å². The summed E-state index contributed by atoms with van der Waals surface area (Å²) in [7, 11) is 0. The van der Waals surface area contributed by atoms with Gasteiger partial charge in [-0.15, -0.1) is 0 Å². The molecule has 2 rings (SSSR count). The molecule has 1 heterocycles. The summed E-state index contributed by atoms with van der Waals surface area (Å²) in [5, 5.41) is 4.05. The molecule has 0 amide bonds. The highest BCUT2D eigenvalue weighted by Crippen LogP contribution is 2.22. The van der Waals surface area contributed by atoms with E-state index >= 15 is 0 Å². The normalized spacial score (nSPS) is 10.3. The Morgan fingerprint density at radius 1 is 1.50 bits per heavy atom. The van der Waals surface area contributed by atoms with Crippen LogP contribution in [0.2, 0.25) is 0 Å². The average molecular weight is 310 g/mol. The first-order chi connectivity index (χ1) is 8.74. The molecule has 0 aliphatic heterocycles. The van der Waals surface area contributed by atoms with Crippen molar-refractivity contribution in [2.45, 2.75) is 20.1 Å². The van der Waals surface area contributed by atoms with E-state index < -0.39 is 0 Å². The van der Waals surface area contributed by atoms with E-state index in [1.54, 1.807) is 16.8 Å². The number of hydrogen-bond acceptors (Lipinski definition) is 4. The van der Waals surface area contributed by atoms with Gasteiger partial charge in [0, 0.05) is 11.0 Å². The van der Waals surface area contributed by atoms with Gasteiger partial charge in [0.05, 0.1) is 5.56 Å². The van der Waals surface area contributed by atoms with Gasteiger partial charge in [0.15, 0.2) is 12.1 Å². The van der Waals surface area contributed by atoms with Crippen molar-refractivity contribution in [1.82, 2.24) is 14.8 Å². The lowest BCUT2D eigenvalue weighted by molar-refractivity contribution is 0.111. The van der Waals surface area contributed by atoms with Crippen LogP contribution in [0.1, 0.15) is 23.1 Å². The molecule has 18 heavy (non-hydrogen) atoms. The standard InChI is InChI=1S/C12H12BrN3O2/c1-2-16-12(14-8-15-16)7-18-11-4-3-10(13)5-9(11)6-17/h3-6,8H,2,7H2,1H3. The molecule has 0 unspecified atom stereocenters. The monoisotopic (exact) mass is 309 g/mol. The minimum atomic E-state index is 0.288. The number of carbonyl (C=O) groups is 1. The number of carbonyl (C=O) groups excluding carboxylic acids is 1. The number of nitrogens with zero attached hydrogens (tertiary/aromatic N) is 3. The number of ether oxygens (including phenoxy) is 1. The maximum atomic E-state index is 10.9. The van der Waals surface area contributed by atoms with E-state index in [4.69, 9.17) is 4.74 Å². The Kier molecular flexibility index (Phi) is 4.09. The molecule has 0 aliphatic rings. The minimum absolute atomic E-state index is 0.288. The molecule has 0 fully saturated rings. The summed E-state index contributed by atoms with van der Waals surface area (Å²) in [5.41, 5.74) is 0.506. The molecule has 0 aliphatic carbocycles. The Labute approximate surface area is 113 Å². The first kappa shape index (κ1) is 12.8. The van der Waals surface area contributed by atoms with Gasteiger partial charge in [-0.05, 0) is 25.1 Å². The van der Waals surface area contributed by atoms with Gasteiger partial charge in [0.1, 0.15) is 18.7 Å². The van der Waals surface area contributed by atoms with Crippen LogP contribution in [-0.4, -0.2) is 21.1 Å². The van der Waals surface area contributed by atoms with E-state index in [9.17, 15) is 4.79 Å². The van der Waals surface area contributed by atoms with Crippen molar-refractivity contribution in [2.24, 2.45) is 0 Å². The van der Waals surface area contributed by atoms with Crippen LogP contribution in [-0.2, 0) is 13.2 Å². The number of aryl methyl sites for hydroxylation is 1. The molecule has 0 atom stereocenters. The van der Waals surface area contributed by atoms with Gasteiger partial charge in [-0.25, -0.2) is 9.67 Å². The second-order valence-electron chi connectivity index (χ2n) is 3.58. The molecule has 94 valence electrons. The average Bonchev–Trinajstić information content (AvgIpc) is 2.84. The van der Waals surface area contributed by atoms with Gasteiger partial charge in [0.2, 0.25) is 0 Å². The zero-order valence-corrected chi connectivity index (χ0v) is 11.4. The smallest absolute Gasteiger partial charge is 0.164 e. The number of aromatic nitrogens is 3. The summed E-state index contributed by atoms with van der Waals surface area (Å²) >= 11 is 3.31. The second kappa shape index (κ2) is 5.77. The molecule has 6 heteroatoms. The summed E-state index contributed by atoms with van der Waals surface area (Å²) in [6.45, 7) is 3.00. The first-order valence-corrected chi connectivity index (χ1v) is 6.28. The molecule has 0 spiro atoms. The quantitative estimate of drug-likeness (QED) is 0.796. The molecule has 0 saturated heterocycles. The SMILES string of the molecule is CCn1ncnc1COc1ccc(Br)cc1C=O. The largest absolute Gasteiger partial charge is 0.485 e. The third-order valence-corrected chi connectivity index (χ3v) is 2.94. The molecular weight excluding hydrogens is 298 g/mol. The lowest BCUT2D eigenvalue weighted by Crippen LogP contribution is -2.08. The zero-order valence-electron chi connectivity index (χ0n) is 9.84. The Balaban J connectivity index is 2.13. The molecule has 2 aromatic rings. The number of halogens is 1. The molecular formula is C12H12BrN3O2. The predicted octanol–water partition coefficient (Wildman–Crippen LogP) is 2.45. The van der Waals surface area contributed by atoms with Crippen LogP contribution in [0.4, 0.5) is 0 Å². The predicted molar refractivity (Wildman–Crippen MR) is 69.6 cm³/mol. The second-order valence-corrected chi connectivity index (χ2v) is 4.50. The number of benzene rings is 1. The molecule has 0 radical (unpaired) electrons. The van der Waals surface area contributed by atoms with Crippen molar-refractivity contribution in [3.8, 4) is 5.75 Å². The Hall–Kier alpha value is -1.69. The molecule has 1 aromatic heterocycles. The maximum absolute atomic E-state index is 10.9. The fraction of sp³-hybridized carbons (Fsp3) is 0.250. The van der Waals surface area contributed by atoms with E-state index in [1.807, 2.05) is 13.0 Å². The van der Waals surface area contributed by atoms with Crippen LogP contribution in [0.3, 0.4) is 0 Å². The number of rotatable bonds is 5. The van der Waals surface area contributed by atoms with Crippen molar-refractivity contribution < 1.29 is 9.53 Å². The highest BCUT2D eigenvalue weighted by atomic mass is 79.9. The Bertz CT molecular complexity index is 554. The van der Waals surface area contributed by atoms with Crippen LogP contribution in [0.5, 0.6) is 5.75 Å². The van der Waals surface area contributed by atoms with Crippen molar-refractivity contribution in [2.75, 3.05) is 0 Å². The van der Waals surface area contributed by atoms with Crippen LogP contribution >= 0.6 is 15.9 Å². The summed E-state index contributed by atoms with van der Waals surface area (Å²) < 4.78 is 8.19. The third-order valence-electron chi connectivity index (χ3n) is 2.45. The zero-order chi connectivity index (χ0) is 13.0. The third kappa shape index (κ3) is 2.76. The van der Waals surface area contributed by atoms with Crippen LogP contribution in [0, 0.1) is 0 Å². The Morgan fingerprint density at radius 3 is 3.06 bits per heavy atom. The first-order valence-electron chi connectivity index (χ1n) is 5.48. The summed E-state index contributed by atoms with van der Waals surface area (Å²) in [6.07, 6.45) is 2.26. The van der Waals surface area contributed by atoms with Crippen LogP contribution in [0.15, 0.2) is 29.0 Å². The lowest BCUT2D eigenvalue weighted by Gasteiger charge is -2.08. The molecule has 1 aromatic carbocycles. The van der Waals surface area contributed by atoms with Gasteiger partial charge in [-0.1, -0.05) is 15.9 Å². The van der Waals surface area contributed by atoms with E-state index in [0.29, 0.717) is 11.3 Å². The van der Waals surface area contributed by atoms with Crippen molar-refractivity contribution in [1.29, 1.82) is 0 Å². The molecule has 5 nitrogen and oxygen atoms in total. The topological polar surface area (TPSA) is 57.0 Å². The fourth-order valence-corrected chi connectivity index (χ4v) is 1.93. The molecule has 0 saturated carbocycles. The van der Waals surface area contributed by atoms with Crippen LogP contribution in [0.25, 0.3) is 0 Å². The highest BCUT2D eigenvalue weighted by Gasteiger charge is 2.07. The van der Waals surface area contributed by atoms with E-state index in [-0.39, 0.29) is 6.61 Å². The maximum Gasteiger partial charge on any atom is 0.164 e. The van der Waals surface area contributed by atoms with Crippen molar-refractivity contribution >= 4 is 22.2 Å². The van der Waals surface area contributed by atoms with Gasteiger partial charge in [-0.2, -0.15) is 5.10 Å². The highest BCUT2D eigenvalue weighted by molar-refractivity contribution is 9.10. The van der Waals surface area contributed by atoms with Crippen molar-refractivity contribution in [3.05, 3.63) is 40.4 Å². The number of hydrogen-bond donors (Lipinski definition) is 0. The van der Waals surface area contributed by atoms with Crippen LogP contribution < -0.4 is 4.74 Å². The minimum Gasteiger partial charge on any atom is -0.485 e. The molecule has 0 bridgehead atoms. The van der Waals surface area contributed by atoms with Gasteiger partial charge < -0.3 is 4.74 Å². The van der Waals surface area contributed by atoms with Crippen molar-refractivity contribution in [3.63, 3.8) is 0 Å². The fourth-order valence-electron chi connectivity index (χ4n) is 1.55. The lowest BCUT2D eigenvalue weighted by atomic mass is 10.2. The summed E-state index contributed by atoms with van der Waals surface area (Å²) in [5.74, 6) is 1.27. The Morgan fingerprint density at radius 2 is 2.33 bits per heavy atom. The van der Waals surface area contributed by atoms with Gasteiger partial charge in [-0.3, -0.25) is 4.79 Å².